The molecule has 82 valence electrons. The molecule has 0 unspecified atom stereocenters. The van der Waals surface area contributed by atoms with Gasteiger partial charge >= 0.3 is 0 Å². The predicted octanol–water partition coefficient (Wildman–Crippen LogP) is 2.99. The maximum absolute atomic E-state index is 12.7. The van der Waals surface area contributed by atoms with Crippen LogP contribution in [0.2, 0.25) is 0 Å². The highest BCUT2D eigenvalue weighted by Crippen LogP contribution is 2.19. The van der Waals surface area contributed by atoms with Crippen LogP contribution < -0.4 is 0 Å². The third-order valence-electron chi connectivity index (χ3n) is 2.26. The third-order valence-corrected chi connectivity index (χ3v) is 3.24. The molecule has 2 rings (SSSR count). The first kappa shape index (κ1) is 11.0. The van der Waals surface area contributed by atoms with Crippen molar-refractivity contribution in [2.24, 2.45) is 0 Å². The smallest absolute Gasteiger partial charge is 0.169 e. The van der Waals surface area contributed by atoms with Gasteiger partial charge in [0.15, 0.2) is 6.29 Å². The molecule has 0 aliphatic rings. The molecule has 4 heteroatoms. The Morgan fingerprint density at radius 2 is 2.06 bits per heavy atom. The molecule has 0 saturated heterocycles. The van der Waals surface area contributed by atoms with E-state index in [9.17, 15) is 9.18 Å². The van der Waals surface area contributed by atoms with Gasteiger partial charge in [-0.3, -0.25) is 4.79 Å². The van der Waals surface area contributed by atoms with Gasteiger partial charge < -0.3 is 0 Å². The summed E-state index contributed by atoms with van der Waals surface area (Å²) < 4.78 is 12.7. The summed E-state index contributed by atoms with van der Waals surface area (Å²) in [5.74, 6) is -0.243. The minimum absolute atomic E-state index is 0.243. The van der Waals surface area contributed by atoms with Gasteiger partial charge in [0.05, 0.1) is 5.01 Å². The fourth-order valence-corrected chi connectivity index (χ4v) is 2.36. The van der Waals surface area contributed by atoms with Gasteiger partial charge in [0.25, 0.3) is 0 Å². The monoisotopic (exact) mass is 235 g/mol. The fourth-order valence-electron chi connectivity index (χ4n) is 1.43. The second kappa shape index (κ2) is 4.53. The predicted molar refractivity (Wildman–Crippen MR) is 61.4 cm³/mol. The normalized spacial score (nSPS) is 10.4. The second-order valence-electron chi connectivity index (χ2n) is 3.47. The summed E-state index contributed by atoms with van der Waals surface area (Å²) in [6.45, 7) is 1.87. The quantitative estimate of drug-likeness (QED) is 0.765. The molecule has 0 saturated carbocycles. The van der Waals surface area contributed by atoms with Crippen LogP contribution in [0.1, 0.15) is 25.9 Å². The Morgan fingerprint density at radius 3 is 2.62 bits per heavy atom. The number of nitrogens with zero attached hydrogens (tertiary/aromatic N) is 1. The van der Waals surface area contributed by atoms with E-state index >= 15 is 0 Å². The summed E-state index contributed by atoms with van der Waals surface area (Å²) in [5.41, 5.74) is 1.50. The molecule has 0 fully saturated rings. The lowest BCUT2D eigenvalue weighted by Gasteiger charge is -1.96. The van der Waals surface area contributed by atoms with Gasteiger partial charge in [0.1, 0.15) is 11.5 Å². The summed E-state index contributed by atoms with van der Waals surface area (Å²) in [6, 6.07) is 6.31. The number of halogens is 1. The number of aryl methyl sites for hydroxylation is 1. The van der Waals surface area contributed by atoms with Crippen molar-refractivity contribution in [1.82, 2.24) is 4.98 Å². The van der Waals surface area contributed by atoms with E-state index in [0.717, 1.165) is 21.7 Å². The largest absolute Gasteiger partial charge is 0.296 e. The molecule has 1 aromatic carbocycles. The molecule has 0 spiro atoms. The molecule has 0 atom stereocenters. The Hall–Kier alpha value is -1.55. The van der Waals surface area contributed by atoms with Gasteiger partial charge in [-0.05, 0) is 24.6 Å². The number of hydrogen-bond donors (Lipinski definition) is 0. The molecule has 2 nitrogen and oxygen atoms in total. The molecule has 0 aliphatic carbocycles. The number of aromatic nitrogens is 1. The summed E-state index contributed by atoms with van der Waals surface area (Å²) in [4.78, 5) is 15.8. The van der Waals surface area contributed by atoms with Crippen molar-refractivity contribution in [2.75, 3.05) is 0 Å². The van der Waals surface area contributed by atoms with E-state index in [2.05, 4.69) is 4.98 Å². The first-order valence-corrected chi connectivity index (χ1v) is 5.66. The van der Waals surface area contributed by atoms with Crippen molar-refractivity contribution in [3.8, 4) is 0 Å². The van der Waals surface area contributed by atoms with Crippen LogP contribution in [0.3, 0.4) is 0 Å². The third kappa shape index (κ3) is 2.33. The van der Waals surface area contributed by atoms with E-state index in [1.54, 1.807) is 12.1 Å². The van der Waals surface area contributed by atoms with Crippen LogP contribution >= 0.6 is 11.3 Å². The maximum atomic E-state index is 12.7. The highest BCUT2D eigenvalue weighted by Gasteiger charge is 2.07. The highest BCUT2D eigenvalue weighted by molar-refractivity contribution is 7.11. The van der Waals surface area contributed by atoms with E-state index in [-0.39, 0.29) is 5.82 Å². The zero-order valence-electron chi connectivity index (χ0n) is 8.74. The van der Waals surface area contributed by atoms with Crippen LogP contribution in [0.25, 0.3) is 0 Å². The number of rotatable bonds is 3. The van der Waals surface area contributed by atoms with Crippen LogP contribution in [0.4, 0.5) is 4.39 Å². The van der Waals surface area contributed by atoms with E-state index in [1.165, 1.54) is 23.5 Å². The number of hydrogen-bond acceptors (Lipinski definition) is 3. The molecule has 0 radical (unpaired) electrons. The summed E-state index contributed by atoms with van der Waals surface area (Å²) in [6.07, 6.45) is 1.40. The van der Waals surface area contributed by atoms with Crippen LogP contribution in [0, 0.1) is 12.7 Å². The van der Waals surface area contributed by atoms with Gasteiger partial charge in [-0.1, -0.05) is 12.1 Å². The Balaban J connectivity index is 2.20. The lowest BCUT2D eigenvalue weighted by atomic mass is 10.1. The van der Waals surface area contributed by atoms with Crippen molar-refractivity contribution in [3.63, 3.8) is 0 Å². The van der Waals surface area contributed by atoms with Crippen molar-refractivity contribution < 1.29 is 9.18 Å². The topological polar surface area (TPSA) is 30.0 Å². The van der Waals surface area contributed by atoms with E-state index in [1.807, 2.05) is 6.92 Å². The first-order chi connectivity index (χ1) is 7.69. The minimum Gasteiger partial charge on any atom is -0.296 e. The maximum Gasteiger partial charge on any atom is 0.169 e. The molecule has 0 amide bonds. The Morgan fingerprint density at radius 1 is 1.38 bits per heavy atom. The standard InChI is InChI=1S/C12H10FNOS/c1-8-11(7-15)14-12(16-8)6-9-2-4-10(13)5-3-9/h2-5,7H,6H2,1H3. The Bertz CT molecular complexity index is 504. The lowest BCUT2D eigenvalue weighted by molar-refractivity contribution is 0.111. The number of carbonyl (C=O) groups is 1. The Kier molecular flexibility index (Phi) is 3.10. The van der Waals surface area contributed by atoms with Gasteiger partial charge in [0, 0.05) is 11.3 Å². The van der Waals surface area contributed by atoms with Crippen molar-refractivity contribution >= 4 is 17.6 Å². The number of thiazole rings is 1. The SMILES string of the molecule is Cc1sc(Cc2ccc(F)cc2)nc1C=O. The zero-order chi connectivity index (χ0) is 11.5. The van der Waals surface area contributed by atoms with E-state index < -0.39 is 0 Å². The zero-order valence-corrected chi connectivity index (χ0v) is 9.55. The van der Waals surface area contributed by atoms with Gasteiger partial charge in [-0.15, -0.1) is 11.3 Å². The average molecular weight is 235 g/mol. The minimum atomic E-state index is -0.243. The van der Waals surface area contributed by atoms with E-state index in [4.69, 9.17) is 0 Å². The second-order valence-corrected chi connectivity index (χ2v) is 4.76. The average Bonchev–Trinajstić information content (AvgIpc) is 2.62. The molecule has 0 aliphatic heterocycles. The van der Waals surface area contributed by atoms with Crippen LogP contribution in [0.15, 0.2) is 24.3 Å². The van der Waals surface area contributed by atoms with Gasteiger partial charge in [-0.25, -0.2) is 9.37 Å². The lowest BCUT2D eigenvalue weighted by Crippen LogP contribution is -1.89. The molecular formula is C12H10FNOS. The summed E-state index contributed by atoms with van der Waals surface area (Å²) in [5, 5.41) is 0.881. The fraction of sp³-hybridized carbons (Fsp3) is 0.167. The van der Waals surface area contributed by atoms with Crippen molar-refractivity contribution in [3.05, 3.63) is 51.2 Å². The molecule has 2 aromatic rings. The van der Waals surface area contributed by atoms with Crippen molar-refractivity contribution in [2.45, 2.75) is 13.3 Å². The molecule has 0 N–H and O–H groups in total. The molecule has 16 heavy (non-hydrogen) atoms. The highest BCUT2D eigenvalue weighted by atomic mass is 32.1. The number of benzene rings is 1. The van der Waals surface area contributed by atoms with Gasteiger partial charge in [0.2, 0.25) is 0 Å². The van der Waals surface area contributed by atoms with Gasteiger partial charge in [-0.2, -0.15) is 0 Å². The molecule has 1 heterocycles. The molecule has 0 bridgehead atoms. The molecule has 1 aromatic heterocycles. The van der Waals surface area contributed by atoms with Crippen LogP contribution in [0.5, 0.6) is 0 Å². The summed E-state index contributed by atoms with van der Waals surface area (Å²) in [7, 11) is 0. The number of aldehydes is 1. The summed E-state index contributed by atoms with van der Waals surface area (Å²) >= 11 is 1.50. The first-order valence-electron chi connectivity index (χ1n) is 4.85. The van der Waals surface area contributed by atoms with Crippen LogP contribution in [-0.4, -0.2) is 11.3 Å². The molecular weight excluding hydrogens is 225 g/mol. The van der Waals surface area contributed by atoms with Crippen molar-refractivity contribution in [1.29, 1.82) is 0 Å². The number of carbonyl (C=O) groups excluding carboxylic acids is 1. The van der Waals surface area contributed by atoms with Crippen LogP contribution in [-0.2, 0) is 6.42 Å². The Labute approximate surface area is 96.8 Å². The van der Waals surface area contributed by atoms with E-state index in [0.29, 0.717) is 12.1 Å².